The van der Waals surface area contributed by atoms with E-state index in [1.54, 1.807) is 0 Å². The molecule has 0 radical (unpaired) electrons. The molecule has 0 amide bonds. The van der Waals surface area contributed by atoms with Crippen LogP contribution in [0.2, 0.25) is 5.02 Å². The molecule has 1 aliphatic heterocycles. The van der Waals surface area contributed by atoms with E-state index in [9.17, 15) is 0 Å². The largest absolute Gasteiger partial charge is 0.326 e. The number of nitrogens with zero attached hydrogens (tertiary/aromatic N) is 1. The highest BCUT2D eigenvalue weighted by atomic mass is 79.9. The number of benzene rings is 1. The van der Waals surface area contributed by atoms with E-state index in [0.29, 0.717) is 6.04 Å². The number of nitrogens with two attached hydrogens (primary N) is 1. The first kappa shape index (κ1) is 15.3. The molecule has 0 bridgehead atoms. The average molecular weight is 346 g/mol. The Labute approximate surface area is 129 Å². The van der Waals surface area contributed by atoms with Crippen molar-refractivity contribution < 1.29 is 0 Å². The van der Waals surface area contributed by atoms with Crippen LogP contribution in [-0.4, -0.2) is 24.0 Å². The van der Waals surface area contributed by atoms with Crippen LogP contribution in [0.3, 0.4) is 0 Å². The lowest BCUT2D eigenvalue weighted by Crippen LogP contribution is -2.40. The van der Waals surface area contributed by atoms with Crippen molar-refractivity contribution in [2.24, 2.45) is 5.73 Å². The molecule has 106 valence electrons. The molecule has 19 heavy (non-hydrogen) atoms. The molecule has 2 N–H and O–H groups in total. The number of hydrogen-bond donors (Lipinski definition) is 1. The highest BCUT2D eigenvalue weighted by Gasteiger charge is 2.28. The van der Waals surface area contributed by atoms with Gasteiger partial charge in [0.1, 0.15) is 0 Å². The van der Waals surface area contributed by atoms with Gasteiger partial charge in [0.15, 0.2) is 0 Å². The molecular formula is C15H22BrClN2. The lowest BCUT2D eigenvalue weighted by atomic mass is 9.96. The Hall–Kier alpha value is -0.0900. The first-order chi connectivity index (χ1) is 9.13. The summed E-state index contributed by atoms with van der Waals surface area (Å²) in [5.41, 5.74) is 7.71. The Balaban J connectivity index is 2.31. The maximum atomic E-state index is 6.43. The van der Waals surface area contributed by atoms with E-state index >= 15 is 0 Å². The summed E-state index contributed by atoms with van der Waals surface area (Å²) in [5, 5.41) is 0.757. The third kappa shape index (κ3) is 3.72. The Morgan fingerprint density at radius 2 is 2.21 bits per heavy atom. The molecule has 2 rings (SSSR count). The van der Waals surface area contributed by atoms with E-state index in [-0.39, 0.29) is 6.04 Å². The van der Waals surface area contributed by atoms with E-state index in [0.717, 1.165) is 35.4 Å². The van der Waals surface area contributed by atoms with Gasteiger partial charge in [0.25, 0.3) is 0 Å². The normalized spacial score (nSPS) is 25.3. The summed E-state index contributed by atoms with van der Waals surface area (Å²) in [4.78, 5) is 2.54. The van der Waals surface area contributed by atoms with Crippen LogP contribution in [0.15, 0.2) is 22.7 Å². The molecule has 1 aliphatic rings. The second-order valence-corrected chi connectivity index (χ2v) is 6.58. The molecular weight excluding hydrogens is 324 g/mol. The third-order valence-electron chi connectivity index (χ3n) is 3.83. The molecule has 0 aliphatic carbocycles. The van der Waals surface area contributed by atoms with Crippen LogP contribution in [0.5, 0.6) is 0 Å². The van der Waals surface area contributed by atoms with Crippen molar-refractivity contribution in [3.63, 3.8) is 0 Å². The van der Waals surface area contributed by atoms with Gasteiger partial charge in [0.05, 0.1) is 5.02 Å². The fourth-order valence-electron chi connectivity index (χ4n) is 2.96. The minimum absolute atomic E-state index is 0.210. The van der Waals surface area contributed by atoms with Crippen LogP contribution in [0.25, 0.3) is 0 Å². The second kappa shape index (κ2) is 7.07. The van der Waals surface area contributed by atoms with Gasteiger partial charge in [-0.15, -0.1) is 0 Å². The molecule has 4 heteroatoms. The summed E-state index contributed by atoms with van der Waals surface area (Å²) >= 11 is 9.61. The molecule has 2 nitrogen and oxygen atoms in total. The first-order valence-electron chi connectivity index (χ1n) is 7.08. The summed E-state index contributed by atoms with van der Waals surface area (Å²) in [5.74, 6) is 0. The fourth-order valence-corrected chi connectivity index (χ4v) is 3.47. The molecule has 1 heterocycles. The van der Waals surface area contributed by atoms with Crippen LogP contribution in [0, 0.1) is 0 Å². The monoisotopic (exact) mass is 344 g/mol. The summed E-state index contributed by atoms with van der Waals surface area (Å²) < 4.78 is 0.958. The van der Waals surface area contributed by atoms with Gasteiger partial charge in [-0.05, 0) is 66.0 Å². The highest BCUT2D eigenvalue weighted by molar-refractivity contribution is 9.10. The van der Waals surface area contributed by atoms with E-state index in [1.807, 2.05) is 6.07 Å². The number of halogens is 2. The third-order valence-corrected chi connectivity index (χ3v) is 5.04. The molecule has 1 fully saturated rings. The molecule has 2 unspecified atom stereocenters. The van der Waals surface area contributed by atoms with Crippen molar-refractivity contribution in [3.05, 3.63) is 33.3 Å². The summed E-state index contributed by atoms with van der Waals surface area (Å²) in [6.07, 6.45) is 4.74. The predicted molar refractivity (Wildman–Crippen MR) is 85.6 cm³/mol. The summed E-state index contributed by atoms with van der Waals surface area (Å²) in [7, 11) is 0. The van der Waals surface area contributed by atoms with Gasteiger partial charge < -0.3 is 5.73 Å². The van der Waals surface area contributed by atoms with Crippen LogP contribution in [0.4, 0.5) is 0 Å². The zero-order chi connectivity index (χ0) is 13.8. The maximum absolute atomic E-state index is 6.43. The topological polar surface area (TPSA) is 29.3 Å². The minimum Gasteiger partial charge on any atom is -0.326 e. The molecule has 1 aromatic rings. The average Bonchev–Trinajstić information content (AvgIpc) is 2.56. The molecule has 1 aromatic carbocycles. The van der Waals surface area contributed by atoms with Crippen LogP contribution < -0.4 is 5.73 Å². The molecule has 0 spiro atoms. The molecule has 0 saturated carbocycles. The summed E-state index contributed by atoms with van der Waals surface area (Å²) in [6.45, 7) is 4.48. The number of rotatable bonds is 3. The predicted octanol–water partition coefficient (Wildman–Crippen LogP) is 4.37. The van der Waals surface area contributed by atoms with Crippen molar-refractivity contribution >= 4 is 27.5 Å². The van der Waals surface area contributed by atoms with Crippen molar-refractivity contribution in [1.82, 2.24) is 4.90 Å². The fraction of sp³-hybridized carbons (Fsp3) is 0.600. The van der Waals surface area contributed by atoms with Crippen molar-refractivity contribution in [2.75, 3.05) is 13.1 Å². The van der Waals surface area contributed by atoms with Crippen LogP contribution in [-0.2, 0) is 0 Å². The lowest BCUT2D eigenvalue weighted by molar-refractivity contribution is 0.186. The van der Waals surface area contributed by atoms with Gasteiger partial charge >= 0.3 is 0 Å². The van der Waals surface area contributed by atoms with Gasteiger partial charge in [-0.25, -0.2) is 0 Å². The van der Waals surface area contributed by atoms with Gasteiger partial charge in [0, 0.05) is 16.6 Å². The van der Waals surface area contributed by atoms with Crippen LogP contribution in [0.1, 0.15) is 44.2 Å². The number of hydrogen-bond acceptors (Lipinski definition) is 2. The Morgan fingerprint density at radius 1 is 1.42 bits per heavy atom. The van der Waals surface area contributed by atoms with Crippen molar-refractivity contribution in [2.45, 2.75) is 44.7 Å². The SMILES string of the molecule is CCCN1CCCCC(N)C1c1ccc(Cl)c(Br)c1. The van der Waals surface area contributed by atoms with Gasteiger partial charge in [0.2, 0.25) is 0 Å². The van der Waals surface area contributed by atoms with Crippen LogP contribution >= 0.6 is 27.5 Å². The van der Waals surface area contributed by atoms with Crippen molar-refractivity contribution in [3.8, 4) is 0 Å². The second-order valence-electron chi connectivity index (χ2n) is 5.31. The minimum atomic E-state index is 0.210. The van der Waals surface area contributed by atoms with E-state index in [2.05, 4.69) is 39.9 Å². The Bertz CT molecular complexity index is 425. The maximum Gasteiger partial charge on any atom is 0.0548 e. The van der Waals surface area contributed by atoms with E-state index in [1.165, 1.54) is 18.4 Å². The Kier molecular flexibility index (Phi) is 5.70. The zero-order valence-electron chi connectivity index (χ0n) is 11.4. The van der Waals surface area contributed by atoms with E-state index < -0.39 is 0 Å². The van der Waals surface area contributed by atoms with Gasteiger partial charge in [-0.3, -0.25) is 4.90 Å². The smallest absolute Gasteiger partial charge is 0.0548 e. The highest BCUT2D eigenvalue weighted by Crippen LogP contribution is 2.33. The summed E-state index contributed by atoms with van der Waals surface area (Å²) in [6, 6.07) is 6.73. The van der Waals surface area contributed by atoms with Gasteiger partial charge in [-0.2, -0.15) is 0 Å². The zero-order valence-corrected chi connectivity index (χ0v) is 13.8. The van der Waals surface area contributed by atoms with E-state index in [4.69, 9.17) is 17.3 Å². The molecule has 0 aromatic heterocycles. The standard InChI is InChI=1S/C15H22BrClN2/c1-2-8-19-9-4-3-5-14(18)15(19)11-6-7-13(17)12(16)10-11/h6-7,10,14-15H,2-5,8-9,18H2,1H3. The molecule has 1 saturated heterocycles. The Morgan fingerprint density at radius 3 is 2.89 bits per heavy atom. The quantitative estimate of drug-likeness (QED) is 0.881. The van der Waals surface area contributed by atoms with Crippen molar-refractivity contribution in [1.29, 1.82) is 0 Å². The lowest BCUT2D eigenvalue weighted by Gasteiger charge is -2.33. The number of likely N-dealkylation sites (tertiary alicyclic amines) is 1. The molecule has 2 atom stereocenters. The first-order valence-corrected chi connectivity index (χ1v) is 8.25. The van der Waals surface area contributed by atoms with Gasteiger partial charge in [-0.1, -0.05) is 31.0 Å².